The lowest BCUT2D eigenvalue weighted by Crippen LogP contribution is -1.89. The molecular formula is C17H9BrN4OS. The van der Waals surface area contributed by atoms with Crippen molar-refractivity contribution in [3.05, 3.63) is 47.2 Å². The molecule has 24 heavy (non-hydrogen) atoms. The lowest BCUT2D eigenvalue weighted by Gasteiger charge is -1.96. The normalized spacial score (nSPS) is 11.7. The van der Waals surface area contributed by atoms with Crippen molar-refractivity contribution in [3.8, 4) is 11.5 Å². The van der Waals surface area contributed by atoms with Gasteiger partial charge in [-0.1, -0.05) is 15.9 Å². The first kappa shape index (κ1) is 13.9. The summed E-state index contributed by atoms with van der Waals surface area (Å²) in [6.07, 6.45) is 1.48. The summed E-state index contributed by atoms with van der Waals surface area (Å²) in [4.78, 5) is 14.0. The Bertz CT molecular complexity index is 1240. The van der Waals surface area contributed by atoms with Gasteiger partial charge < -0.3 is 10.2 Å². The van der Waals surface area contributed by atoms with Crippen LogP contribution >= 0.6 is 27.3 Å². The Hall–Kier alpha value is -2.51. The summed E-state index contributed by atoms with van der Waals surface area (Å²) in [5, 5.41) is 2.01. The van der Waals surface area contributed by atoms with Crippen molar-refractivity contribution in [2.24, 2.45) is 0 Å². The van der Waals surface area contributed by atoms with Crippen LogP contribution in [0.25, 0.3) is 42.9 Å². The third-order valence-electron chi connectivity index (χ3n) is 3.88. The van der Waals surface area contributed by atoms with Crippen molar-refractivity contribution in [2.45, 2.75) is 0 Å². The number of aromatic nitrogens is 3. The number of furan rings is 1. The average Bonchev–Trinajstić information content (AvgIpc) is 3.16. The quantitative estimate of drug-likeness (QED) is 0.431. The molecule has 1 aromatic carbocycles. The Kier molecular flexibility index (Phi) is 2.89. The number of benzene rings is 1. The zero-order chi connectivity index (χ0) is 16.3. The number of fused-ring (bicyclic) bond motifs is 4. The van der Waals surface area contributed by atoms with E-state index in [1.807, 2.05) is 36.4 Å². The summed E-state index contributed by atoms with van der Waals surface area (Å²) < 4.78 is 7.81. The molecule has 0 aliphatic rings. The number of hydrogen-bond acceptors (Lipinski definition) is 6. The highest BCUT2D eigenvalue weighted by Gasteiger charge is 2.13. The molecule has 116 valence electrons. The van der Waals surface area contributed by atoms with Gasteiger partial charge in [-0.2, -0.15) is 0 Å². The van der Waals surface area contributed by atoms with E-state index in [2.05, 4.69) is 25.9 Å². The predicted octanol–water partition coefficient (Wildman–Crippen LogP) is 5.00. The van der Waals surface area contributed by atoms with Gasteiger partial charge in [-0.3, -0.25) is 0 Å². The number of rotatable bonds is 1. The molecule has 0 unspecified atom stereocenters. The van der Waals surface area contributed by atoms with Gasteiger partial charge in [0, 0.05) is 15.2 Å². The highest BCUT2D eigenvalue weighted by molar-refractivity contribution is 9.10. The Balaban J connectivity index is 1.73. The fraction of sp³-hybridized carbons (Fsp3) is 0. The minimum atomic E-state index is 0.484. The summed E-state index contributed by atoms with van der Waals surface area (Å²) in [6, 6.07) is 11.9. The van der Waals surface area contributed by atoms with E-state index in [9.17, 15) is 0 Å². The lowest BCUT2D eigenvalue weighted by atomic mass is 10.2. The summed E-state index contributed by atoms with van der Waals surface area (Å²) in [6.45, 7) is 0. The minimum absolute atomic E-state index is 0.484. The molecule has 5 aromatic rings. The molecule has 4 heterocycles. The summed E-state index contributed by atoms with van der Waals surface area (Å²) in [5.74, 6) is 1.22. The van der Waals surface area contributed by atoms with Crippen molar-refractivity contribution in [1.82, 2.24) is 15.0 Å². The number of nitrogens with zero attached hydrogens (tertiary/aromatic N) is 3. The van der Waals surface area contributed by atoms with Crippen molar-refractivity contribution in [2.75, 3.05) is 5.73 Å². The summed E-state index contributed by atoms with van der Waals surface area (Å²) >= 11 is 4.97. The molecule has 5 nitrogen and oxygen atoms in total. The molecule has 4 aromatic heterocycles. The van der Waals surface area contributed by atoms with E-state index in [0.29, 0.717) is 5.82 Å². The Morgan fingerprint density at radius 2 is 2.00 bits per heavy atom. The number of anilines is 1. The van der Waals surface area contributed by atoms with Crippen molar-refractivity contribution in [3.63, 3.8) is 0 Å². The van der Waals surface area contributed by atoms with Crippen molar-refractivity contribution in [1.29, 1.82) is 0 Å². The van der Waals surface area contributed by atoms with E-state index in [0.717, 1.165) is 47.3 Å². The Labute approximate surface area is 148 Å². The van der Waals surface area contributed by atoms with Gasteiger partial charge in [0.2, 0.25) is 0 Å². The van der Waals surface area contributed by atoms with Crippen LogP contribution in [0, 0.1) is 0 Å². The molecule has 0 amide bonds. The summed E-state index contributed by atoms with van der Waals surface area (Å²) in [5.41, 5.74) is 8.41. The Morgan fingerprint density at radius 1 is 1.08 bits per heavy atom. The number of halogens is 1. The first-order valence-electron chi connectivity index (χ1n) is 7.18. The van der Waals surface area contributed by atoms with Crippen LogP contribution in [0.2, 0.25) is 0 Å². The van der Waals surface area contributed by atoms with Gasteiger partial charge in [0.05, 0.1) is 10.2 Å². The topological polar surface area (TPSA) is 77.8 Å². The van der Waals surface area contributed by atoms with Crippen LogP contribution in [-0.4, -0.2) is 15.0 Å². The molecule has 7 heteroatoms. The zero-order valence-electron chi connectivity index (χ0n) is 12.2. The fourth-order valence-electron chi connectivity index (χ4n) is 2.75. The van der Waals surface area contributed by atoms with Gasteiger partial charge in [-0.15, -0.1) is 11.3 Å². The van der Waals surface area contributed by atoms with E-state index in [1.54, 1.807) is 0 Å². The van der Waals surface area contributed by atoms with E-state index < -0.39 is 0 Å². The molecule has 0 radical (unpaired) electrons. The third kappa shape index (κ3) is 2.02. The van der Waals surface area contributed by atoms with Crippen LogP contribution in [0.1, 0.15) is 0 Å². The van der Waals surface area contributed by atoms with Crippen LogP contribution in [0.3, 0.4) is 0 Å². The van der Waals surface area contributed by atoms with Gasteiger partial charge in [0.15, 0.2) is 5.76 Å². The molecule has 0 saturated carbocycles. The zero-order valence-corrected chi connectivity index (χ0v) is 14.6. The molecule has 0 saturated heterocycles. The highest BCUT2D eigenvalue weighted by Crippen LogP contribution is 2.36. The first-order chi connectivity index (χ1) is 11.7. The molecule has 0 aliphatic carbocycles. The second-order valence-electron chi connectivity index (χ2n) is 5.38. The van der Waals surface area contributed by atoms with E-state index in [4.69, 9.17) is 15.1 Å². The maximum absolute atomic E-state index is 5.94. The Morgan fingerprint density at radius 3 is 2.92 bits per heavy atom. The van der Waals surface area contributed by atoms with Gasteiger partial charge in [0.1, 0.15) is 28.3 Å². The van der Waals surface area contributed by atoms with Crippen LogP contribution < -0.4 is 5.73 Å². The standard InChI is InChI=1S/C17H9BrN4OS/c18-9-1-4-12-8(5-9)6-13(23-12)11-3-2-10-14-15(24-17(10)22-11)16(19)21-7-20-14/h1-7H,(H2,19,20,21). The number of nitrogens with two attached hydrogens (primary N) is 1. The largest absolute Gasteiger partial charge is 0.454 e. The van der Waals surface area contributed by atoms with E-state index in [1.165, 1.54) is 17.7 Å². The number of pyridine rings is 1. The van der Waals surface area contributed by atoms with Crippen LogP contribution in [-0.2, 0) is 0 Å². The number of thiophene rings is 1. The van der Waals surface area contributed by atoms with E-state index in [-0.39, 0.29) is 0 Å². The smallest absolute Gasteiger partial charge is 0.153 e. The molecule has 0 bridgehead atoms. The molecule has 0 aliphatic heterocycles. The second-order valence-corrected chi connectivity index (χ2v) is 7.30. The lowest BCUT2D eigenvalue weighted by molar-refractivity contribution is 0.629. The molecule has 2 N–H and O–H groups in total. The third-order valence-corrected chi connectivity index (χ3v) is 5.48. The maximum Gasteiger partial charge on any atom is 0.153 e. The van der Waals surface area contributed by atoms with Crippen LogP contribution in [0.5, 0.6) is 0 Å². The van der Waals surface area contributed by atoms with Gasteiger partial charge in [-0.05, 0) is 36.4 Å². The van der Waals surface area contributed by atoms with Gasteiger partial charge in [0.25, 0.3) is 0 Å². The van der Waals surface area contributed by atoms with Crippen LogP contribution in [0.4, 0.5) is 5.82 Å². The number of hydrogen-bond donors (Lipinski definition) is 1. The van der Waals surface area contributed by atoms with E-state index >= 15 is 0 Å². The van der Waals surface area contributed by atoms with Crippen molar-refractivity contribution < 1.29 is 4.42 Å². The van der Waals surface area contributed by atoms with Gasteiger partial charge in [-0.25, -0.2) is 15.0 Å². The molecule has 0 fully saturated rings. The van der Waals surface area contributed by atoms with Crippen LogP contribution in [0.15, 0.2) is 51.6 Å². The second kappa shape index (κ2) is 4.99. The molecular weight excluding hydrogens is 388 g/mol. The van der Waals surface area contributed by atoms with Gasteiger partial charge >= 0.3 is 0 Å². The van der Waals surface area contributed by atoms with Crippen molar-refractivity contribution >= 4 is 64.5 Å². The minimum Gasteiger partial charge on any atom is -0.454 e. The molecule has 5 rings (SSSR count). The predicted molar refractivity (Wildman–Crippen MR) is 100 cm³/mol. The SMILES string of the molecule is Nc1ncnc2c1sc1nc(-c3cc4cc(Br)ccc4o3)ccc12. The average molecular weight is 397 g/mol. The molecule has 0 spiro atoms. The summed E-state index contributed by atoms with van der Waals surface area (Å²) in [7, 11) is 0. The maximum atomic E-state index is 5.94. The highest BCUT2D eigenvalue weighted by atomic mass is 79.9. The number of nitrogen functional groups attached to an aromatic ring is 1. The monoisotopic (exact) mass is 396 g/mol. The fourth-order valence-corrected chi connectivity index (χ4v) is 4.16. The molecule has 0 atom stereocenters. The first-order valence-corrected chi connectivity index (χ1v) is 8.79.